The first-order valence-corrected chi connectivity index (χ1v) is 11.6. The summed E-state index contributed by atoms with van der Waals surface area (Å²) in [5.41, 5.74) is 2.87. The van der Waals surface area contributed by atoms with Crippen molar-refractivity contribution < 1.29 is 4.79 Å². The van der Waals surface area contributed by atoms with Crippen molar-refractivity contribution in [3.63, 3.8) is 0 Å². The van der Waals surface area contributed by atoms with E-state index in [2.05, 4.69) is 84.6 Å². The number of allylic oxidation sites excluding steroid dienone is 1. The van der Waals surface area contributed by atoms with Crippen LogP contribution in [0.2, 0.25) is 0 Å². The van der Waals surface area contributed by atoms with Crippen LogP contribution in [0.5, 0.6) is 0 Å². The van der Waals surface area contributed by atoms with Gasteiger partial charge in [-0.2, -0.15) is 11.3 Å². The summed E-state index contributed by atoms with van der Waals surface area (Å²) in [4.78, 5) is 15.6. The lowest BCUT2D eigenvalue weighted by Gasteiger charge is -2.18. The van der Waals surface area contributed by atoms with Crippen molar-refractivity contribution in [2.45, 2.75) is 27.7 Å². The molecule has 0 radical (unpaired) electrons. The Labute approximate surface area is 183 Å². The number of carbonyl (C=O) groups excluding carboxylic acids is 1. The third-order valence-corrected chi connectivity index (χ3v) is 5.87. The number of hydrogen-bond donors (Lipinski definition) is 1. The van der Waals surface area contributed by atoms with Crippen LogP contribution in [0.4, 0.5) is 0 Å². The Morgan fingerprint density at radius 2 is 2.10 bits per heavy atom. The number of nitrogens with zero attached hydrogens (tertiary/aromatic N) is 1. The van der Waals surface area contributed by atoms with Crippen LogP contribution in [-0.2, 0) is 4.79 Å². The molecule has 0 saturated heterocycles. The SMILES string of the molecule is C=C(C(=O)NCCN(CC)C/C=C/C#CC(C)(C)C)c1cc(-c2ccsc2)cs1. The number of carbonyl (C=O) groups is 1. The van der Waals surface area contributed by atoms with Crippen LogP contribution >= 0.6 is 22.7 Å². The normalized spacial score (nSPS) is 11.5. The van der Waals surface area contributed by atoms with Gasteiger partial charge in [0.15, 0.2) is 0 Å². The van der Waals surface area contributed by atoms with E-state index in [1.165, 1.54) is 5.56 Å². The quantitative estimate of drug-likeness (QED) is 0.422. The third kappa shape index (κ3) is 8.02. The van der Waals surface area contributed by atoms with E-state index in [0.717, 1.165) is 30.1 Å². The van der Waals surface area contributed by atoms with Crippen molar-refractivity contribution in [1.82, 2.24) is 10.2 Å². The Morgan fingerprint density at radius 1 is 1.31 bits per heavy atom. The van der Waals surface area contributed by atoms with Crippen LogP contribution in [-0.4, -0.2) is 37.0 Å². The minimum atomic E-state index is -0.105. The van der Waals surface area contributed by atoms with E-state index in [0.29, 0.717) is 12.1 Å². The summed E-state index contributed by atoms with van der Waals surface area (Å²) in [6, 6.07) is 4.12. The molecule has 5 heteroatoms. The molecule has 2 aromatic heterocycles. The Bertz CT molecular complexity index is 889. The standard InChI is InChI=1S/C24H30N2OS2/c1-6-26(13-9-7-8-11-24(3,4)5)14-12-25-23(27)19(2)22-16-21(18-29-22)20-10-15-28-17-20/h7,9-10,15-18H,2,6,12-14H2,1,3-5H3,(H,25,27)/b9-7+. The highest BCUT2D eigenvalue weighted by molar-refractivity contribution is 7.12. The van der Waals surface area contributed by atoms with E-state index < -0.39 is 0 Å². The molecule has 0 saturated carbocycles. The molecule has 0 spiro atoms. The van der Waals surface area contributed by atoms with Gasteiger partial charge in [-0.15, -0.1) is 11.3 Å². The van der Waals surface area contributed by atoms with Gasteiger partial charge in [-0.25, -0.2) is 0 Å². The highest BCUT2D eigenvalue weighted by Gasteiger charge is 2.13. The summed E-state index contributed by atoms with van der Waals surface area (Å²) in [7, 11) is 0. The summed E-state index contributed by atoms with van der Waals surface area (Å²) in [6.07, 6.45) is 3.98. The number of thiophene rings is 2. The molecule has 1 amide bonds. The van der Waals surface area contributed by atoms with Gasteiger partial charge in [-0.05, 0) is 72.8 Å². The zero-order chi connectivity index (χ0) is 21.3. The summed E-state index contributed by atoms with van der Waals surface area (Å²) < 4.78 is 0. The maximum Gasteiger partial charge on any atom is 0.252 e. The van der Waals surface area contributed by atoms with Crippen molar-refractivity contribution in [3.8, 4) is 23.0 Å². The second-order valence-corrected chi connectivity index (χ2v) is 9.45. The number of hydrogen-bond acceptors (Lipinski definition) is 4. The fourth-order valence-electron chi connectivity index (χ4n) is 2.52. The van der Waals surface area contributed by atoms with Gasteiger partial charge in [-0.3, -0.25) is 9.69 Å². The largest absolute Gasteiger partial charge is 0.351 e. The highest BCUT2D eigenvalue weighted by Crippen LogP contribution is 2.30. The van der Waals surface area contributed by atoms with Crippen LogP contribution in [0.15, 0.2) is 47.0 Å². The van der Waals surface area contributed by atoms with E-state index in [-0.39, 0.29) is 11.3 Å². The molecule has 0 fully saturated rings. The lowest BCUT2D eigenvalue weighted by Crippen LogP contribution is -2.35. The fourth-order valence-corrected chi connectivity index (χ4v) is 4.07. The second kappa shape index (κ2) is 11.2. The van der Waals surface area contributed by atoms with Crippen LogP contribution in [0.25, 0.3) is 16.7 Å². The maximum absolute atomic E-state index is 12.4. The molecule has 154 valence electrons. The molecule has 1 N–H and O–H groups in total. The molecule has 0 aromatic carbocycles. The van der Waals surface area contributed by atoms with Crippen molar-refractivity contribution in [1.29, 1.82) is 0 Å². The number of amides is 1. The molecule has 0 aliphatic heterocycles. The topological polar surface area (TPSA) is 32.3 Å². The predicted octanol–water partition coefficient (Wildman–Crippen LogP) is 5.53. The van der Waals surface area contributed by atoms with E-state index in [1.54, 1.807) is 22.7 Å². The van der Waals surface area contributed by atoms with Gasteiger partial charge in [0, 0.05) is 35.5 Å². The van der Waals surface area contributed by atoms with Crippen molar-refractivity contribution >= 4 is 34.2 Å². The Kier molecular flexibility index (Phi) is 8.91. The molecule has 2 aromatic rings. The molecule has 2 heterocycles. The average Bonchev–Trinajstić information content (AvgIpc) is 3.35. The number of nitrogens with one attached hydrogen (secondary N) is 1. The van der Waals surface area contributed by atoms with Gasteiger partial charge in [-0.1, -0.05) is 31.4 Å². The smallest absolute Gasteiger partial charge is 0.252 e. The van der Waals surface area contributed by atoms with Crippen LogP contribution < -0.4 is 5.32 Å². The number of likely N-dealkylation sites (N-methyl/N-ethyl adjacent to an activating group) is 1. The third-order valence-electron chi connectivity index (χ3n) is 4.20. The first kappa shape index (κ1) is 23.2. The summed E-state index contributed by atoms with van der Waals surface area (Å²) >= 11 is 3.23. The molecule has 0 atom stereocenters. The monoisotopic (exact) mass is 426 g/mol. The van der Waals surface area contributed by atoms with Gasteiger partial charge in [0.05, 0.1) is 0 Å². The molecular weight excluding hydrogens is 396 g/mol. The second-order valence-electron chi connectivity index (χ2n) is 7.76. The van der Waals surface area contributed by atoms with E-state index >= 15 is 0 Å². The molecule has 0 unspecified atom stereocenters. The summed E-state index contributed by atoms with van der Waals surface area (Å²) in [5.74, 6) is 6.17. The molecule has 0 aliphatic carbocycles. The van der Waals surface area contributed by atoms with Gasteiger partial charge in [0.1, 0.15) is 0 Å². The van der Waals surface area contributed by atoms with Gasteiger partial charge in [0.2, 0.25) is 0 Å². The van der Waals surface area contributed by atoms with Crippen LogP contribution in [0.1, 0.15) is 32.6 Å². The molecular formula is C24H30N2OS2. The summed E-state index contributed by atoms with van der Waals surface area (Å²) in [5, 5.41) is 9.22. The first-order valence-electron chi connectivity index (χ1n) is 9.79. The minimum Gasteiger partial charge on any atom is -0.351 e. The average molecular weight is 427 g/mol. The molecule has 0 bridgehead atoms. The zero-order valence-electron chi connectivity index (χ0n) is 17.7. The van der Waals surface area contributed by atoms with Gasteiger partial charge >= 0.3 is 0 Å². The lowest BCUT2D eigenvalue weighted by atomic mass is 9.98. The maximum atomic E-state index is 12.4. The van der Waals surface area contributed by atoms with Crippen molar-refractivity contribution in [2.24, 2.45) is 5.41 Å². The Balaban J connectivity index is 1.78. The predicted molar refractivity (Wildman–Crippen MR) is 128 cm³/mol. The minimum absolute atomic E-state index is 0.0223. The molecule has 0 aliphatic rings. The number of rotatable bonds is 9. The van der Waals surface area contributed by atoms with Crippen molar-refractivity contribution in [2.75, 3.05) is 26.2 Å². The zero-order valence-corrected chi connectivity index (χ0v) is 19.4. The Hall–Kier alpha value is -2.13. The van der Waals surface area contributed by atoms with Crippen LogP contribution in [0, 0.1) is 17.3 Å². The van der Waals surface area contributed by atoms with E-state index in [4.69, 9.17) is 0 Å². The lowest BCUT2D eigenvalue weighted by molar-refractivity contribution is -0.115. The highest BCUT2D eigenvalue weighted by atomic mass is 32.1. The van der Waals surface area contributed by atoms with Crippen LogP contribution in [0.3, 0.4) is 0 Å². The fraction of sp³-hybridized carbons (Fsp3) is 0.375. The van der Waals surface area contributed by atoms with Gasteiger partial charge < -0.3 is 5.32 Å². The first-order chi connectivity index (χ1) is 13.8. The molecule has 3 nitrogen and oxygen atoms in total. The van der Waals surface area contributed by atoms with Crippen molar-refractivity contribution in [3.05, 3.63) is 51.9 Å². The van der Waals surface area contributed by atoms with E-state index in [1.807, 2.05) is 12.1 Å². The molecule has 29 heavy (non-hydrogen) atoms. The summed E-state index contributed by atoms with van der Waals surface area (Å²) in [6.45, 7) is 15.5. The van der Waals surface area contributed by atoms with E-state index in [9.17, 15) is 4.79 Å². The molecule has 2 rings (SSSR count). The Morgan fingerprint density at radius 3 is 2.76 bits per heavy atom. The van der Waals surface area contributed by atoms with Gasteiger partial charge in [0.25, 0.3) is 5.91 Å².